The molecule has 0 atom stereocenters. The van der Waals surface area contributed by atoms with Crippen LogP contribution in [0.25, 0.3) is 32.3 Å². The first kappa shape index (κ1) is 29.1. The molecule has 0 amide bonds. The van der Waals surface area contributed by atoms with Crippen LogP contribution in [0.2, 0.25) is 0 Å². The van der Waals surface area contributed by atoms with E-state index in [1.165, 1.54) is 90.1 Å². The normalized spacial score (nSPS) is 11.5. The highest BCUT2D eigenvalue weighted by atomic mass is 16.5. The maximum absolute atomic E-state index is 6.19. The first-order valence-corrected chi connectivity index (χ1v) is 15.6. The molecule has 0 aliphatic heterocycles. The highest BCUT2D eigenvalue weighted by Gasteiger charge is 2.12. The fraction of sp³-hybridized carbons (Fsp3) is 0.500. The summed E-state index contributed by atoms with van der Waals surface area (Å²) in [7, 11) is 0. The maximum Gasteiger partial charge on any atom is 0.119 e. The van der Waals surface area contributed by atoms with E-state index in [1.54, 1.807) is 0 Å². The Kier molecular flexibility index (Phi) is 11.6. The minimum atomic E-state index is 0.767. The highest BCUT2D eigenvalue weighted by molar-refractivity contribution is 6.25. The van der Waals surface area contributed by atoms with Crippen molar-refractivity contribution in [3.05, 3.63) is 54.6 Å². The van der Waals surface area contributed by atoms with Gasteiger partial charge in [0.05, 0.1) is 19.8 Å². The molecule has 0 spiro atoms. The second kappa shape index (κ2) is 15.6. The second-order valence-electron chi connectivity index (χ2n) is 10.8. The van der Waals surface area contributed by atoms with E-state index in [1.807, 2.05) is 0 Å². The van der Waals surface area contributed by atoms with Gasteiger partial charge in [-0.1, -0.05) is 96.8 Å². The van der Waals surface area contributed by atoms with Crippen LogP contribution in [0.4, 0.5) is 0 Å². The summed E-state index contributed by atoms with van der Waals surface area (Å²) in [5.41, 5.74) is 0. The lowest BCUT2D eigenvalue weighted by Gasteiger charge is -2.15. The summed E-state index contributed by atoms with van der Waals surface area (Å²) in [6.45, 7) is 9.03. The van der Waals surface area contributed by atoms with E-state index in [-0.39, 0.29) is 0 Å². The molecule has 0 aliphatic carbocycles. The van der Waals surface area contributed by atoms with Gasteiger partial charge in [0.2, 0.25) is 0 Å². The molecule has 39 heavy (non-hydrogen) atoms. The van der Waals surface area contributed by atoms with E-state index in [9.17, 15) is 0 Å². The van der Waals surface area contributed by atoms with Crippen molar-refractivity contribution in [2.24, 2.45) is 0 Å². The van der Waals surface area contributed by atoms with Crippen molar-refractivity contribution in [3.63, 3.8) is 0 Å². The van der Waals surface area contributed by atoms with Crippen LogP contribution < -0.4 is 14.2 Å². The third kappa shape index (κ3) is 8.03. The lowest BCUT2D eigenvalue weighted by Crippen LogP contribution is -1.99. The third-order valence-corrected chi connectivity index (χ3v) is 7.64. The van der Waals surface area contributed by atoms with E-state index in [2.05, 4.69) is 75.4 Å². The molecule has 0 heterocycles. The molecule has 0 saturated heterocycles. The van der Waals surface area contributed by atoms with Crippen molar-refractivity contribution in [3.8, 4) is 17.2 Å². The van der Waals surface area contributed by atoms with Crippen molar-refractivity contribution in [2.75, 3.05) is 19.8 Å². The lowest BCUT2D eigenvalue weighted by atomic mass is 9.94. The molecule has 0 bridgehead atoms. The second-order valence-corrected chi connectivity index (χ2v) is 10.8. The summed E-state index contributed by atoms with van der Waals surface area (Å²) in [4.78, 5) is 0. The minimum Gasteiger partial charge on any atom is -0.494 e. The smallest absolute Gasteiger partial charge is 0.119 e. The zero-order valence-electron chi connectivity index (χ0n) is 24.5. The number of hydrogen-bond acceptors (Lipinski definition) is 3. The van der Waals surface area contributed by atoms with Crippen molar-refractivity contribution in [1.82, 2.24) is 0 Å². The van der Waals surface area contributed by atoms with Crippen molar-refractivity contribution >= 4 is 32.3 Å². The van der Waals surface area contributed by atoms with Gasteiger partial charge in [0.1, 0.15) is 17.2 Å². The summed E-state index contributed by atoms with van der Waals surface area (Å²) in [5.74, 6) is 2.83. The molecule has 0 aromatic heterocycles. The molecule has 3 heteroatoms. The monoisotopic (exact) mass is 528 g/mol. The molecular formula is C36H48O3. The van der Waals surface area contributed by atoms with Crippen LogP contribution in [0.1, 0.15) is 97.8 Å². The van der Waals surface area contributed by atoms with E-state index in [4.69, 9.17) is 14.2 Å². The molecule has 4 aromatic rings. The van der Waals surface area contributed by atoms with Gasteiger partial charge in [-0.2, -0.15) is 0 Å². The van der Waals surface area contributed by atoms with Crippen molar-refractivity contribution in [2.45, 2.75) is 97.8 Å². The summed E-state index contributed by atoms with van der Waals surface area (Å²) in [5, 5.41) is 7.37. The molecule has 0 radical (unpaired) electrons. The summed E-state index contributed by atoms with van der Waals surface area (Å²) in [6, 6.07) is 19.7. The highest BCUT2D eigenvalue weighted by Crippen LogP contribution is 2.39. The van der Waals surface area contributed by atoms with Gasteiger partial charge in [-0.15, -0.1) is 0 Å². The number of hydrogen-bond donors (Lipinski definition) is 0. The van der Waals surface area contributed by atoms with Gasteiger partial charge in [0.15, 0.2) is 0 Å². The Bertz CT molecular complexity index is 1120. The van der Waals surface area contributed by atoms with Crippen LogP contribution in [0.15, 0.2) is 54.6 Å². The maximum atomic E-state index is 6.19. The van der Waals surface area contributed by atoms with Crippen molar-refractivity contribution in [1.29, 1.82) is 0 Å². The lowest BCUT2D eigenvalue weighted by molar-refractivity contribution is 0.305. The first-order chi connectivity index (χ1) is 19.2. The predicted molar refractivity (Wildman–Crippen MR) is 168 cm³/mol. The minimum absolute atomic E-state index is 0.767. The molecule has 210 valence electrons. The number of unbranched alkanes of at least 4 members (excludes halogenated alkanes) is 9. The molecule has 4 rings (SSSR count). The number of ether oxygens (including phenoxy) is 3. The van der Waals surface area contributed by atoms with E-state index >= 15 is 0 Å². The predicted octanol–water partition coefficient (Wildman–Crippen LogP) is 11.0. The van der Waals surface area contributed by atoms with Gasteiger partial charge in [0, 0.05) is 0 Å². The van der Waals surface area contributed by atoms with Gasteiger partial charge in [-0.25, -0.2) is 0 Å². The fourth-order valence-electron chi connectivity index (χ4n) is 5.37. The summed E-state index contributed by atoms with van der Waals surface area (Å²) < 4.78 is 18.6. The van der Waals surface area contributed by atoms with Gasteiger partial charge in [-0.3, -0.25) is 0 Å². The zero-order chi connectivity index (χ0) is 27.3. The SMILES string of the molecule is CCCCCCOc1ccc2c(c1)c1ccc(OCCCCCC)cc1c1ccc(OCCCCCC)cc21. The van der Waals surface area contributed by atoms with E-state index < -0.39 is 0 Å². The molecule has 0 fully saturated rings. The van der Waals surface area contributed by atoms with E-state index in [0.29, 0.717) is 0 Å². The van der Waals surface area contributed by atoms with Gasteiger partial charge < -0.3 is 14.2 Å². The Morgan fingerprint density at radius 1 is 0.359 bits per heavy atom. The molecule has 0 aliphatic rings. The summed E-state index contributed by atoms with van der Waals surface area (Å²) in [6.07, 6.45) is 14.5. The van der Waals surface area contributed by atoms with Crippen LogP contribution >= 0.6 is 0 Å². The van der Waals surface area contributed by atoms with E-state index in [0.717, 1.165) is 56.3 Å². The Hall–Kier alpha value is -2.94. The van der Waals surface area contributed by atoms with Crippen LogP contribution in [0.5, 0.6) is 17.2 Å². The van der Waals surface area contributed by atoms with Gasteiger partial charge in [-0.05, 0) is 88.0 Å². The quantitative estimate of drug-likeness (QED) is 0.0949. The van der Waals surface area contributed by atoms with Crippen LogP contribution in [0, 0.1) is 0 Å². The molecule has 0 unspecified atom stereocenters. The van der Waals surface area contributed by atoms with Crippen molar-refractivity contribution < 1.29 is 14.2 Å². The van der Waals surface area contributed by atoms with Gasteiger partial charge in [0.25, 0.3) is 0 Å². The Labute approximate surface area is 235 Å². The average molecular weight is 529 g/mol. The Morgan fingerprint density at radius 2 is 0.667 bits per heavy atom. The van der Waals surface area contributed by atoms with Gasteiger partial charge >= 0.3 is 0 Å². The largest absolute Gasteiger partial charge is 0.494 e. The molecular weight excluding hydrogens is 480 g/mol. The molecule has 3 nitrogen and oxygen atoms in total. The summed E-state index contributed by atoms with van der Waals surface area (Å²) >= 11 is 0. The molecule has 4 aromatic carbocycles. The average Bonchev–Trinajstić information content (AvgIpc) is 2.96. The molecule has 0 saturated carbocycles. The Balaban J connectivity index is 1.67. The fourth-order valence-corrected chi connectivity index (χ4v) is 5.37. The standard InChI is InChI=1S/C36H48O3/c1-4-7-10-13-22-37-28-16-19-31-34(25-28)32-20-17-29(38-23-14-11-8-5-2)27-36(32)33-21-18-30(26-35(31)33)39-24-15-12-9-6-3/h16-21,25-27H,4-15,22-24H2,1-3H3. The number of benzene rings is 4. The third-order valence-electron chi connectivity index (χ3n) is 7.64. The zero-order valence-corrected chi connectivity index (χ0v) is 24.5. The van der Waals surface area contributed by atoms with Crippen LogP contribution in [-0.4, -0.2) is 19.8 Å². The number of rotatable bonds is 18. The topological polar surface area (TPSA) is 27.7 Å². The first-order valence-electron chi connectivity index (χ1n) is 15.6. The van der Waals surface area contributed by atoms with Crippen LogP contribution in [-0.2, 0) is 0 Å². The number of fused-ring (bicyclic) bond motifs is 6. The van der Waals surface area contributed by atoms with Crippen LogP contribution in [0.3, 0.4) is 0 Å². The Morgan fingerprint density at radius 3 is 0.949 bits per heavy atom. The molecule has 0 N–H and O–H groups in total.